The van der Waals surface area contributed by atoms with Crippen molar-refractivity contribution in [2.45, 2.75) is 31.3 Å². The van der Waals surface area contributed by atoms with Gasteiger partial charge in [0.2, 0.25) is 11.8 Å². The van der Waals surface area contributed by atoms with Crippen molar-refractivity contribution < 1.29 is 19.5 Å². The number of nitrogens with one attached hydrogen (secondary N) is 2. The Morgan fingerprint density at radius 2 is 1.90 bits per heavy atom. The van der Waals surface area contributed by atoms with Gasteiger partial charge in [0.15, 0.2) is 0 Å². The first kappa shape index (κ1) is 18.7. The number of amides is 2. The summed E-state index contributed by atoms with van der Waals surface area (Å²) in [6.45, 7) is 0.152. The van der Waals surface area contributed by atoms with Gasteiger partial charge in [-0.2, -0.15) is 12.6 Å². The van der Waals surface area contributed by atoms with Crippen molar-refractivity contribution in [2.24, 2.45) is 11.5 Å². The lowest BCUT2D eigenvalue weighted by Gasteiger charge is -2.15. The topological polar surface area (TPSA) is 148 Å². The average molecular weight is 306 g/mol. The van der Waals surface area contributed by atoms with Crippen LogP contribution in [0.4, 0.5) is 0 Å². The number of carbonyl (C=O) groups excluding carboxylic acids is 2. The minimum atomic E-state index is -1.12. The molecule has 20 heavy (non-hydrogen) atoms. The van der Waals surface area contributed by atoms with E-state index in [-0.39, 0.29) is 12.3 Å². The van der Waals surface area contributed by atoms with Crippen LogP contribution in [-0.4, -0.2) is 53.8 Å². The van der Waals surface area contributed by atoms with Gasteiger partial charge >= 0.3 is 5.97 Å². The second kappa shape index (κ2) is 10.5. The lowest BCUT2D eigenvalue weighted by Crippen LogP contribution is -2.48. The smallest absolute Gasteiger partial charge is 0.326 e. The molecule has 2 atom stereocenters. The zero-order chi connectivity index (χ0) is 15.5. The Balaban J connectivity index is 4.13. The molecule has 0 unspecified atom stereocenters. The minimum absolute atomic E-state index is 0.157. The van der Waals surface area contributed by atoms with Crippen molar-refractivity contribution >= 4 is 30.4 Å². The summed E-state index contributed by atoms with van der Waals surface area (Å²) in [5.74, 6) is -2.05. The van der Waals surface area contributed by atoms with E-state index in [0.29, 0.717) is 25.8 Å². The summed E-state index contributed by atoms with van der Waals surface area (Å²) in [6, 6.07) is -1.78. The zero-order valence-electron chi connectivity index (χ0n) is 11.2. The molecule has 0 bridgehead atoms. The number of carboxylic acid groups (broad SMARTS) is 1. The number of rotatable bonds is 10. The summed E-state index contributed by atoms with van der Waals surface area (Å²) in [5.41, 5.74) is 10.7. The number of hydrogen-bond donors (Lipinski definition) is 6. The van der Waals surface area contributed by atoms with Gasteiger partial charge < -0.3 is 27.2 Å². The molecule has 8 nitrogen and oxygen atoms in total. The van der Waals surface area contributed by atoms with Crippen LogP contribution in [0.25, 0.3) is 0 Å². The van der Waals surface area contributed by atoms with Crippen LogP contribution >= 0.6 is 12.6 Å². The van der Waals surface area contributed by atoms with E-state index >= 15 is 0 Å². The number of hydrogen-bond acceptors (Lipinski definition) is 6. The highest BCUT2D eigenvalue weighted by Gasteiger charge is 2.20. The second-order valence-corrected chi connectivity index (χ2v) is 4.61. The number of carboxylic acids is 1. The van der Waals surface area contributed by atoms with Crippen LogP contribution < -0.4 is 22.1 Å². The summed E-state index contributed by atoms with van der Waals surface area (Å²) >= 11 is 3.86. The third-order valence-corrected chi connectivity index (χ3v) is 2.93. The number of nitrogens with two attached hydrogens (primary N) is 2. The fourth-order valence-electron chi connectivity index (χ4n) is 1.38. The van der Waals surface area contributed by atoms with Crippen molar-refractivity contribution in [3.05, 3.63) is 0 Å². The number of carbonyl (C=O) groups is 3. The SMILES string of the molecule is NCCCC[C@H](NC(=O)CNC(=O)[C@@H](N)CS)C(=O)O. The highest BCUT2D eigenvalue weighted by atomic mass is 32.1. The molecule has 0 aromatic carbocycles. The normalized spacial score (nSPS) is 13.3. The number of aliphatic carboxylic acids is 1. The first-order valence-corrected chi connectivity index (χ1v) is 6.92. The van der Waals surface area contributed by atoms with E-state index < -0.39 is 29.9 Å². The van der Waals surface area contributed by atoms with E-state index in [9.17, 15) is 14.4 Å². The van der Waals surface area contributed by atoms with Gasteiger partial charge in [-0.3, -0.25) is 9.59 Å². The molecule has 0 saturated heterocycles. The van der Waals surface area contributed by atoms with Crippen LogP contribution in [0.1, 0.15) is 19.3 Å². The molecule has 116 valence electrons. The third kappa shape index (κ3) is 7.97. The van der Waals surface area contributed by atoms with Gasteiger partial charge in [0.25, 0.3) is 0 Å². The van der Waals surface area contributed by atoms with Crippen molar-refractivity contribution in [1.82, 2.24) is 10.6 Å². The quantitative estimate of drug-likeness (QED) is 0.204. The molecule has 9 heteroatoms. The van der Waals surface area contributed by atoms with Gasteiger partial charge in [-0.1, -0.05) is 0 Å². The Hall–Kier alpha value is -1.32. The molecule has 7 N–H and O–H groups in total. The molecule has 0 heterocycles. The lowest BCUT2D eigenvalue weighted by molar-refractivity contribution is -0.142. The van der Waals surface area contributed by atoms with Crippen molar-refractivity contribution in [1.29, 1.82) is 0 Å². The van der Waals surface area contributed by atoms with Crippen LogP contribution in [0.2, 0.25) is 0 Å². The van der Waals surface area contributed by atoms with Gasteiger partial charge in [-0.15, -0.1) is 0 Å². The maximum Gasteiger partial charge on any atom is 0.326 e. The van der Waals surface area contributed by atoms with E-state index in [1.165, 1.54) is 0 Å². The van der Waals surface area contributed by atoms with Gasteiger partial charge in [-0.25, -0.2) is 4.79 Å². The second-order valence-electron chi connectivity index (χ2n) is 4.25. The maximum atomic E-state index is 11.5. The van der Waals surface area contributed by atoms with E-state index in [4.69, 9.17) is 16.6 Å². The minimum Gasteiger partial charge on any atom is -0.480 e. The summed E-state index contributed by atoms with van der Waals surface area (Å²) < 4.78 is 0. The fraction of sp³-hybridized carbons (Fsp3) is 0.727. The molecule has 0 radical (unpaired) electrons. The predicted octanol–water partition coefficient (Wildman–Crippen LogP) is -1.94. The van der Waals surface area contributed by atoms with Crippen LogP contribution in [-0.2, 0) is 14.4 Å². The molecule has 2 amide bonds. The van der Waals surface area contributed by atoms with Gasteiger partial charge in [0.05, 0.1) is 12.6 Å². The number of unbranched alkanes of at least 4 members (excludes halogenated alkanes) is 1. The first-order valence-electron chi connectivity index (χ1n) is 6.28. The highest BCUT2D eigenvalue weighted by molar-refractivity contribution is 7.80. The molecule has 0 spiro atoms. The summed E-state index contributed by atoms with van der Waals surface area (Å²) in [6.07, 6.45) is 1.58. The first-order chi connectivity index (χ1) is 9.42. The molecule has 0 saturated carbocycles. The predicted molar refractivity (Wildman–Crippen MR) is 77.3 cm³/mol. The zero-order valence-corrected chi connectivity index (χ0v) is 12.1. The van der Waals surface area contributed by atoms with Crippen LogP contribution in [0.3, 0.4) is 0 Å². The summed E-state index contributed by atoms with van der Waals surface area (Å²) in [5, 5.41) is 13.6. The van der Waals surface area contributed by atoms with Crippen LogP contribution in [0.5, 0.6) is 0 Å². The van der Waals surface area contributed by atoms with E-state index in [2.05, 4.69) is 23.3 Å². The molecule has 0 fully saturated rings. The molecule has 0 aliphatic rings. The maximum absolute atomic E-state index is 11.5. The molecule has 0 aliphatic carbocycles. The van der Waals surface area contributed by atoms with Crippen molar-refractivity contribution in [2.75, 3.05) is 18.8 Å². The Morgan fingerprint density at radius 1 is 1.25 bits per heavy atom. The Labute approximate surface area is 123 Å². The fourth-order valence-corrected chi connectivity index (χ4v) is 1.54. The molecular formula is C11H22N4O4S. The number of thiol groups is 1. The summed E-state index contributed by atoms with van der Waals surface area (Å²) in [4.78, 5) is 33.8. The van der Waals surface area contributed by atoms with E-state index in [0.717, 1.165) is 0 Å². The average Bonchev–Trinajstić information content (AvgIpc) is 2.42. The Morgan fingerprint density at radius 3 is 2.40 bits per heavy atom. The van der Waals surface area contributed by atoms with E-state index in [1.54, 1.807) is 0 Å². The summed E-state index contributed by atoms with van der Waals surface area (Å²) in [7, 11) is 0. The van der Waals surface area contributed by atoms with Crippen molar-refractivity contribution in [3.8, 4) is 0 Å². The van der Waals surface area contributed by atoms with Gasteiger partial charge in [0.1, 0.15) is 6.04 Å². The van der Waals surface area contributed by atoms with Crippen LogP contribution in [0, 0.1) is 0 Å². The van der Waals surface area contributed by atoms with Gasteiger partial charge in [0, 0.05) is 5.75 Å². The Kier molecular flexibility index (Phi) is 9.77. The van der Waals surface area contributed by atoms with Gasteiger partial charge in [-0.05, 0) is 25.8 Å². The largest absolute Gasteiger partial charge is 0.480 e. The van der Waals surface area contributed by atoms with E-state index in [1.807, 2.05) is 0 Å². The molecule has 0 aliphatic heterocycles. The molecular weight excluding hydrogens is 284 g/mol. The van der Waals surface area contributed by atoms with Crippen LogP contribution in [0.15, 0.2) is 0 Å². The van der Waals surface area contributed by atoms with Crippen molar-refractivity contribution in [3.63, 3.8) is 0 Å². The molecule has 0 aromatic rings. The monoisotopic (exact) mass is 306 g/mol. The lowest BCUT2D eigenvalue weighted by atomic mass is 10.1. The molecule has 0 aromatic heterocycles. The third-order valence-electron chi connectivity index (χ3n) is 2.54. The molecule has 0 rings (SSSR count). The standard InChI is InChI=1S/C11H22N4O4S/c12-4-2-1-3-8(11(18)19)15-9(16)5-14-10(17)7(13)6-20/h7-8,20H,1-6,12-13H2,(H,14,17)(H,15,16)(H,18,19)/t7-,8-/m0/s1. The highest BCUT2D eigenvalue weighted by Crippen LogP contribution is 2.00. The Bertz CT molecular complexity index is 340.